The summed E-state index contributed by atoms with van der Waals surface area (Å²) in [5, 5.41) is 13.1. The van der Waals surface area contributed by atoms with E-state index in [4.69, 9.17) is 4.74 Å². The van der Waals surface area contributed by atoms with Gasteiger partial charge >= 0.3 is 5.97 Å². The molecule has 4 rings (SSSR count). The number of benzene rings is 3. The van der Waals surface area contributed by atoms with Crippen molar-refractivity contribution in [2.45, 2.75) is 27.7 Å². The number of fused-ring (bicyclic) bond motifs is 1. The van der Waals surface area contributed by atoms with Crippen LogP contribution < -0.4 is 14.7 Å². The predicted molar refractivity (Wildman–Crippen MR) is 134 cm³/mol. The van der Waals surface area contributed by atoms with Crippen LogP contribution in [0.5, 0.6) is 5.75 Å². The lowest BCUT2D eigenvalue weighted by molar-refractivity contribution is 0.0696. The summed E-state index contributed by atoms with van der Waals surface area (Å²) in [6.45, 7) is 8.73. The van der Waals surface area contributed by atoms with Gasteiger partial charge in [-0.15, -0.1) is 0 Å². The smallest absolute Gasteiger partial charge is 0.335 e. The number of nitrogens with zero attached hydrogens (tertiary/aromatic N) is 1. The van der Waals surface area contributed by atoms with Crippen LogP contribution in [0.2, 0.25) is 0 Å². The Bertz CT molecular complexity index is 1140. The molecule has 166 valence electrons. The molecule has 0 bridgehead atoms. The lowest BCUT2D eigenvalue weighted by Crippen LogP contribution is -2.21. The Balaban J connectivity index is 1.83. The summed E-state index contributed by atoms with van der Waals surface area (Å²) in [4.78, 5) is 14.0. The number of nitrogens with one attached hydrogen (secondary N) is 1. The Hall–Kier alpha value is -3.04. The van der Waals surface area contributed by atoms with Crippen LogP contribution in [0.3, 0.4) is 0 Å². The molecule has 1 atom stereocenters. The minimum absolute atomic E-state index is 0.311. The number of carboxylic acids is 1. The van der Waals surface area contributed by atoms with E-state index in [-0.39, 0.29) is 0 Å². The van der Waals surface area contributed by atoms with Crippen LogP contribution >= 0.6 is 8.73 Å². The summed E-state index contributed by atoms with van der Waals surface area (Å²) in [7, 11) is 0.552. The number of anilines is 3. The highest BCUT2D eigenvalue weighted by Gasteiger charge is 2.23. The van der Waals surface area contributed by atoms with Crippen LogP contribution in [0.1, 0.15) is 35.3 Å². The van der Waals surface area contributed by atoms with E-state index in [2.05, 4.69) is 67.2 Å². The van der Waals surface area contributed by atoms with Crippen molar-refractivity contribution < 1.29 is 14.6 Å². The van der Waals surface area contributed by atoms with Crippen LogP contribution in [-0.4, -0.2) is 24.0 Å². The molecule has 1 aliphatic rings. The fourth-order valence-electron chi connectivity index (χ4n) is 3.77. The van der Waals surface area contributed by atoms with Crippen LogP contribution in [-0.2, 0) is 0 Å². The highest BCUT2D eigenvalue weighted by atomic mass is 31.1. The monoisotopic (exact) mass is 448 g/mol. The van der Waals surface area contributed by atoms with E-state index < -0.39 is 5.97 Å². The summed E-state index contributed by atoms with van der Waals surface area (Å²) in [6, 6.07) is 18.3. The Morgan fingerprint density at radius 2 is 1.88 bits per heavy atom. The maximum absolute atomic E-state index is 11.7. The molecule has 5 nitrogen and oxygen atoms in total. The predicted octanol–water partition coefficient (Wildman–Crippen LogP) is 6.82. The molecule has 1 aliphatic heterocycles. The second-order valence-electron chi connectivity index (χ2n) is 8.63. The molecule has 3 aromatic carbocycles. The number of hydrogen-bond acceptors (Lipinski definition) is 4. The van der Waals surface area contributed by atoms with Gasteiger partial charge in [0.05, 0.1) is 29.8 Å². The van der Waals surface area contributed by atoms with Gasteiger partial charge in [-0.05, 0) is 63.9 Å². The normalized spacial score (nSPS) is 13.7. The second kappa shape index (κ2) is 9.22. The van der Waals surface area contributed by atoms with Gasteiger partial charge in [0.2, 0.25) is 0 Å². The van der Waals surface area contributed by atoms with Crippen molar-refractivity contribution in [2.75, 3.05) is 22.9 Å². The van der Waals surface area contributed by atoms with Crippen LogP contribution in [0.15, 0.2) is 54.6 Å². The number of ether oxygens (including phenoxy) is 1. The van der Waals surface area contributed by atoms with Crippen LogP contribution in [0.4, 0.5) is 17.1 Å². The van der Waals surface area contributed by atoms with Gasteiger partial charge in [0.15, 0.2) is 0 Å². The topological polar surface area (TPSA) is 61.8 Å². The van der Waals surface area contributed by atoms with Gasteiger partial charge in [0, 0.05) is 17.3 Å². The van der Waals surface area contributed by atoms with Gasteiger partial charge < -0.3 is 19.8 Å². The van der Waals surface area contributed by atoms with Gasteiger partial charge in [0.25, 0.3) is 0 Å². The largest absolute Gasteiger partial charge is 0.493 e. The van der Waals surface area contributed by atoms with E-state index in [9.17, 15) is 9.90 Å². The van der Waals surface area contributed by atoms with Crippen molar-refractivity contribution in [1.82, 2.24) is 0 Å². The van der Waals surface area contributed by atoms with Crippen molar-refractivity contribution in [3.63, 3.8) is 0 Å². The SMILES string of the molecule is Cc1ccc(N2CPNc3cc(-c4ccc(C)c(C(=O)O)c4)c(OCC(C)C)cc32)cc1. The first kappa shape index (κ1) is 22.2. The Labute approximate surface area is 191 Å². The Morgan fingerprint density at radius 1 is 1.12 bits per heavy atom. The molecule has 32 heavy (non-hydrogen) atoms. The van der Waals surface area contributed by atoms with E-state index in [0.29, 0.717) is 26.8 Å². The zero-order valence-corrected chi connectivity index (χ0v) is 19.9. The molecule has 1 heterocycles. The molecule has 6 heteroatoms. The third-order valence-electron chi connectivity index (χ3n) is 5.55. The number of carboxylic acid groups (broad SMARTS) is 1. The van der Waals surface area contributed by atoms with Crippen LogP contribution in [0.25, 0.3) is 11.1 Å². The fourth-order valence-corrected chi connectivity index (χ4v) is 4.75. The van der Waals surface area contributed by atoms with Gasteiger partial charge in [-0.3, -0.25) is 0 Å². The minimum Gasteiger partial charge on any atom is -0.493 e. The zero-order chi connectivity index (χ0) is 22.8. The first-order valence-electron chi connectivity index (χ1n) is 10.8. The lowest BCUT2D eigenvalue weighted by atomic mass is 9.98. The quantitative estimate of drug-likeness (QED) is 0.405. The fraction of sp³-hybridized carbons (Fsp3) is 0.269. The molecule has 1 unspecified atom stereocenters. The summed E-state index contributed by atoms with van der Waals surface area (Å²) in [6.07, 6.45) is 0.882. The van der Waals surface area contributed by atoms with Crippen molar-refractivity contribution in [1.29, 1.82) is 0 Å². The summed E-state index contributed by atoms with van der Waals surface area (Å²) in [5.74, 6) is 0.221. The van der Waals surface area contributed by atoms with Crippen molar-refractivity contribution in [3.8, 4) is 16.9 Å². The van der Waals surface area contributed by atoms with E-state index in [1.165, 1.54) is 5.56 Å². The molecule has 3 aromatic rings. The third-order valence-corrected chi connectivity index (χ3v) is 6.47. The molecule has 0 fully saturated rings. The highest BCUT2D eigenvalue weighted by Crippen LogP contribution is 2.46. The molecule has 0 spiro atoms. The van der Waals surface area contributed by atoms with E-state index in [1.54, 1.807) is 6.07 Å². The Kier molecular flexibility index (Phi) is 6.38. The summed E-state index contributed by atoms with van der Waals surface area (Å²) >= 11 is 0. The minimum atomic E-state index is -0.919. The second-order valence-corrected chi connectivity index (χ2v) is 9.55. The number of rotatable bonds is 6. The number of carbonyl (C=O) groups is 1. The molecule has 0 amide bonds. The first-order valence-corrected chi connectivity index (χ1v) is 12.0. The van der Waals surface area contributed by atoms with E-state index >= 15 is 0 Å². The summed E-state index contributed by atoms with van der Waals surface area (Å²) < 4.78 is 6.25. The standard InChI is InChI=1S/C26H29N2O3P/c1-16(2)14-31-25-13-24-23(27-32-15-28(24)20-9-5-17(3)6-10-20)12-22(25)19-8-7-18(4)21(11-19)26(29)30/h5-13,16,27,32H,14-15H2,1-4H3,(H,29,30). The molecule has 0 saturated carbocycles. The number of aromatic carboxylic acids is 1. The molecule has 0 aromatic heterocycles. The maximum Gasteiger partial charge on any atom is 0.335 e. The van der Waals surface area contributed by atoms with Gasteiger partial charge in [-0.25, -0.2) is 4.79 Å². The molecular formula is C26H29N2O3P. The molecular weight excluding hydrogens is 419 g/mol. The average molecular weight is 449 g/mol. The lowest BCUT2D eigenvalue weighted by Gasteiger charge is -2.33. The van der Waals surface area contributed by atoms with E-state index in [1.807, 2.05) is 19.1 Å². The maximum atomic E-state index is 11.7. The van der Waals surface area contributed by atoms with Gasteiger partial charge in [-0.1, -0.05) is 43.7 Å². The molecule has 2 N–H and O–H groups in total. The molecule has 0 radical (unpaired) electrons. The van der Waals surface area contributed by atoms with Crippen molar-refractivity contribution in [2.24, 2.45) is 5.92 Å². The average Bonchev–Trinajstić information content (AvgIpc) is 2.77. The third kappa shape index (κ3) is 4.58. The number of hydrogen-bond donors (Lipinski definition) is 2. The van der Waals surface area contributed by atoms with Gasteiger partial charge in [-0.2, -0.15) is 0 Å². The zero-order valence-electron chi connectivity index (χ0n) is 18.9. The number of aryl methyl sites for hydroxylation is 2. The van der Waals surface area contributed by atoms with Crippen molar-refractivity contribution in [3.05, 3.63) is 71.3 Å². The Morgan fingerprint density at radius 3 is 2.56 bits per heavy atom. The van der Waals surface area contributed by atoms with Gasteiger partial charge in [0.1, 0.15) is 5.75 Å². The molecule has 0 aliphatic carbocycles. The van der Waals surface area contributed by atoms with Crippen LogP contribution in [0, 0.1) is 19.8 Å². The van der Waals surface area contributed by atoms with E-state index in [0.717, 1.165) is 45.8 Å². The summed E-state index contributed by atoms with van der Waals surface area (Å²) in [5.41, 5.74) is 7.27. The first-order chi connectivity index (χ1) is 15.3. The van der Waals surface area contributed by atoms with Crippen molar-refractivity contribution >= 4 is 31.8 Å². The highest BCUT2D eigenvalue weighted by molar-refractivity contribution is 7.40. The molecule has 0 saturated heterocycles.